The van der Waals surface area contributed by atoms with Gasteiger partial charge in [-0.15, -0.1) is 0 Å². The number of anilines is 4. The summed E-state index contributed by atoms with van der Waals surface area (Å²) in [5.41, 5.74) is 18.4. The number of halogens is 1. The smallest absolute Gasteiger partial charge is 0.161 e. The molecule has 0 bridgehead atoms. The van der Waals surface area contributed by atoms with E-state index in [1.807, 2.05) is 60.4 Å². The van der Waals surface area contributed by atoms with E-state index in [0.29, 0.717) is 17.8 Å². The molecule has 6 nitrogen and oxygen atoms in total. The van der Waals surface area contributed by atoms with E-state index in [2.05, 4.69) is 27.0 Å². The zero-order chi connectivity index (χ0) is 23.3. The Morgan fingerprint density at radius 1 is 1.09 bits per heavy atom. The van der Waals surface area contributed by atoms with E-state index >= 15 is 0 Å². The highest BCUT2D eigenvalue weighted by atomic mass is 79.9. The van der Waals surface area contributed by atoms with E-state index in [0.717, 1.165) is 45.4 Å². The number of aryl methyl sites for hydroxylation is 1. The Kier molecular flexibility index (Phi) is 5.18. The molecule has 1 aliphatic heterocycles. The standard InChI is InChI=1S/C26H22BrN5O/c1-14-5-7-15(8-6-14)21-22-19(3-2-4-20(22)33)32(17-11-9-16(27)10-12-17)26-23(21)24(29)18(13-28)25(30)31-26/h5-12,21H,2-4H2,1H3,(H4,29,30,31). The van der Waals surface area contributed by atoms with Gasteiger partial charge >= 0.3 is 0 Å². The second kappa shape index (κ2) is 8.05. The molecule has 2 aromatic carbocycles. The van der Waals surface area contributed by atoms with Crippen LogP contribution in [0.3, 0.4) is 0 Å². The molecule has 1 atom stereocenters. The van der Waals surface area contributed by atoms with Crippen LogP contribution in [-0.2, 0) is 4.79 Å². The molecule has 3 aromatic rings. The van der Waals surface area contributed by atoms with Crippen LogP contribution in [0.1, 0.15) is 47.4 Å². The van der Waals surface area contributed by atoms with Crippen LogP contribution >= 0.6 is 15.9 Å². The van der Waals surface area contributed by atoms with Crippen LogP contribution in [0.5, 0.6) is 0 Å². The van der Waals surface area contributed by atoms with Crippen LogP contribution in [0.2, 0.25) is 0 Å². The van der Waals surface area contributed by atoms with Gasteiger partial charge in [0.25, 0.3) is 0 Å². The third-order valence-electron chi connectivity index (χ3n) is 6.38. The molecular formula is C26H22BrN5O. The molecule has 2 aliphatic rings. The first-order chi connectivity index (χ1) is 15.9. The molecule has 5 rings (SSSR count). The third-order valence-corrected chi connectivity index (χ3v) is 6.91. The number of allylic oxidation sites excluding steroid dienone is 2. The molecule has 33 heavy (non-hydrogen) atoms. The first-order valence-corrected chi connectivity index (χ1v) is 11.6. The lowest BCUT2D eigenvalue weighted by atomic mass is 9.74. The van der Waals surface area contributed by atoms with Gasteiger partial charge in [0, 0.05) is 39.3 Å². The van der Waals surface area contributed by atoms with E-state index in [9.17, 15) is 10.1 Å². The summed E-state index contributed by atoms with van der Waals surface area (Å²) in [5.74, 6) is 0.356. The van der Waals surface area contributed by atoms with E-state index in [4.69, 9.17) is 11.5 Å². The van der Waals surface area contributed by atoms with Crippen molar-refractivity contribution in [2.75, 3.05) is 16.4 Å². The maximum atomic E-state index is 13.4. The Bertz CT molecular complexity index is 1350. The number of nitrogens with two attached hydrogens (primary N) is 2. The first-order valence-electron chi connectivity index (χ1n) is 10.8. The van der Waals surface area contributed by atoms with Gasteiger partial charge in [0.2, 0.25) is 0 Å². The van der Waals surface area contributed by atoms with Gasteiger partial charge in [0.1, 0.15) is 23.3 Å². The number of fused-ring (bicyclic) bond motifs is 1. The largest absolute Gasteiger partial charge is 0.397 e. The van der Waals surface area contributed by atoms with Crippen molar-refractivity contribution >= 4 is 44.7 Å². The highest BCUT2D eigenvalue weighted by molar-refractivity contribution is 9.10. The predicted octanol–water partition coefficient (Wildman–Crippen LogP) is 5.48. The highest BCUT2D eigenvalue weighted by Gasteiger charge is 2.42. The second-order valence-electron chi connectivity index (χ2n) is 8.43. The number of benzene rings is 2. The van der Waals surface area contributed by atoms with Gasteiger partial charge in [-0.2, -0.15) is 5.26 Å². The molecule has 0 spiro atoms. The van der Waals surface area contributed by atoms with E-state index in [1.165, 1.54) is 0 Å². The summed E-state index contributed by atoms with van der Waals surface area (Å²) < 4.78 is 0.946. The summed E-state index contributed by atoms with van der Waals surface area (Å²) in [7, 11) is 0. The van der Waals surface area contributed by atoms with Gasteiger partial charge in [-0.3, -0.25) is 9.69 Å². The number of Topliss-reactive ketones (excluding diaryl/α,β-unsaturated/α-hetero) is 1. The maximum Gasteiger partial charge on any atom is 0.161 e. The third kappa shape index (κ3) is 3.38. The molecule has 0 amide bonds. The normalized spacial score (nSPS) is 17.4. The van der Waals surface area contributed by atoms with Crippen molar-refractivity contribution in [3.05, 3.63) is 86.5 Å². The van der Waals surface area contributed by atoms with Gasteiger partial charge in [-0.25, -0.2) is 4.98 Å². The Balaban J connectivity index is 1.88. The number of rotatable bonds is 2. The molecule has 1 aromatic heterocycles. The van der Waals surface area contributed by atoms with Gasteiger partial charge in [-0.05, 0) is 49.6 Å². The number of ketones is 1. The van der Waals surface area contributed by atoms with Crippen LogP contribution in [0.25, 0.3) is 0 Å². The quantitative estimate of drug-likeness (QED) is 0.483. The number of carbonyl (C=O) groups is 1. The second-order valence-corrected chi connectivity index (χ2v) is 9.34. The fraction of sp³-hybridized carbons (Fsp3) is 0.192. The number of aromatic nitrogens is 1. The summed E-state index contributed by atoms with van der Waals surface area (Å²) in [6.07, 6.45) is 1.99. The molecule has 1 unspecified atom stereocenters. The maximum absolute atomic E-state index is 13.4. The summed E-state index contributed by atoms with van der Waals surface area (Å²) in [6, 6.07) is 18.0. The topological polar surface area (TPSA) is 109 Å². The Labute approximate surface area is 200 Å². The average molecular weight is 500 g/mol. The molecule has 0 saturated carbocycles. The van der Waals surface area contributed by atoms with Gasteiger partial charge in [0.05, 0.1) is 5.69 Å². The first kappa shape index (κ1) is 21.2. The zero-order valence-electron chi connectivity index (χ0n) is 18.1. The summed E-state index contributed by atoms with van der Waals surface area (Å²) in [6.45, 7) is 2.02. The lowest BCUT2D eigenvalue weighted by Crippen LogP contribution is -2.34. The van der Waals surface area contributed by atoms with Crippen LogP contribution in [0.4, 0.5) is 23.0 Å². The van der Waals surface area contributed by atoms with Crippen molar-refractivity contribution in [1.29, 1.82) is 5.26 Å². The Morgan fingerprint density at radius 2 is 1.79 bits per heavy atom. The molecule has 2 heterocycles. The molecule has 164 valence electrons. The number of nitrogens with zero attached hydrogens (tertiary/aromatic N) is 3. The Hall–Kier alpha value is -3.63. The van der Waals surface area contributed by atoms with Gasteiger partial charge < -0.3 is 11.5 Å². The van der Waals surface area contributed by atoms with Crippen LogP contribution in [0.15, 0.2) is 64.3 Å². The van der Waals surface area contributed by atoms with Crippen LogP contribution in [0, 0.1) is 18.3 Å². The van der Waals surface area contributed by atoms with E-state index in [-0.39, 0.29) is 22.9 Å². The molecule has 0 fully saturated rings. The number of pyridine rings is 1. The predicted molar refractivity (Wildman–Crippen MR) is 133 cm³/mol. The lowest BCUT2D eigenvalue weighted by molar-refractivity contribution is -0.116. The average Bonchev–Trinajstić information content (AvgIpc) is 2.80. The molecule has 0 saturated heterocycles. The van der Waals surface area contributed by atoms with Gasteiger partial charge in [-0.1, -0.05) is 45.8 Å². The highest BCUT2D eigenvalue weighted by Crippen LogP contribution is 2.53. The van der Waals surface area contributed by atoms with Crippen LogP contribution < -0.4 is 16.4 Å². The number of nitrogen functional groups attached to an aromatic ring is 2. The molecule has 4 N–H and O–H groups in total. The lowest BCUT2D eigenvalue weighted by Gasteiger charge is -2.41. The number of hydrogen-bond acceptors (Lipinski definition) is 6. The fourth-order valence-electron chi connectivity index (χ4n) is 4.84. The van der Waals surface area contributed by atoms with E-state index in [1.54, 1.807) is 0 Å². The molecule has 7 heteroatoms. The minimum absolute atomic E-state index is 0.0877. The van der Waals surface area contributed by atoms with Crippen LogP contribution in [-0.4, -0.2) is 10.8 Å². The molecular weight excluding hydrogens is 478 g/mol. The zero-order valence-corrected chi connectivity index (χ0v) is 19.7. The number of nitriles is 1. The monoisotopic (exact) mass is 499 g/mol. The van der Waals surface area contributed by atoms with Crippen molar-refractivity contribution < 1.29 is 4.79 Å². The molecule has 0 radical (unpaired) electrons. The van der Waals surface area contributed by atoms with Crippen molar-refractivity contribution in [2.24, 2.45) is 0 Å². The summed E-state index contributed by atoms with van der Waals surface area (Å²) in [4.78, 5) is 20.1. The van der Waals surface area contributed by atoms with Crippen molar-refractivity contribution in [2.45, 2.75) is 32.1 Å². The summed E-state index contributed by atoms with van der Waals surface area (Å²) >= 11 is 3.49. The minimum Gasteiger partial charge on any atom is -0.397 e. The number of carbonyl (C=O) groups excluding carboxylic acids is 1. The van der Waals surface area contributed by atoms with Crippen molar-refractivity contribution in [1.82, 2.24) is 4.98 Å². The summed E-state index contributed by atoms with van der Waals surface area (Å²) in [5, 5.41) is 9.74. The number of hydrogen-bond donors (Lipinski definition) is 2. The van der Waals surface area contributed by atoms with Crippen molar-refractivity contribution in [3.8, 4) is 6.07 Å². The van der Waals surface area contributed by atoms with Crippen molar-refractivity contribution in [3.63, 3.8) is 0 Å². The Morgan fingerprint density at radius 3 is 2.45 bits per heavy atom. The SMILES string of the molecule is Cc1ccc(C2C3=C(CCCC3=O)N(c3ccc(Br)cc3)c3nc(N)c(C#N)c(N)c32)cc1. The minimum atomic E-state index is -0.407. The fourth-order valence-corrected chi connectivity index (χ4v) is 5.10. The van der Waals surface area contributed by atoms with E-state index < -0.39 is 5.92 Å². The molecule has 1 aliphatic carbocycles. The van der Waals surface area contributed by atoms with Gasteiger partial charge in [0.15, 0.2) is 5.78 Å².